The highest BCUT2D eigenvalue weighted by Gasteiger charge is 2.31. The first-order valence-corrected chi connectivity index (χ1v) is 5.19. The molecular weight excluding hydrogens is 261 g/mol. The van der Waals surface area contributed by atoms with E-state index < -0.39 is 17.2 Å². The molecule has 1 atom stereocenters. The summed E-state index contributed by atoms with van der Waals surface area (Å²) in [5, 5.41) is 8.88. The molecule has 1 unspecified atom stereocenters. The highest BCUT2D eigenvalue weighted by Crippen LogP contribution is 2.34. The number of hydrogen-bond acceptors (Lipinski definition) is 3. The van der Waals surface area contributed by atoms with Gasteiger partial charge in [0.15, 0.2) is 0 Å². The van der Waals surface area contributed by atoms with E-state index in [1.807, 2.05) is 0 Å². The number of ether oxygens (including phenoxy) is 1. The van der Waals surface area contributed by atoms with Crippen LogP contribution in [0.25, 0.3) is 0 Å². The van der Waals surface area contributed by atoms with Crippen LogP contribution in [0, 0.1) is 5.82 Å². The van der Waals surface area contributed by atoms with E-state index in [4.69, 9.17) is 15.6 Å². The quantitative estimate of drug-likeness (QED) is 0.863. The molecule has 1 aromatic rings. The average molecular weight is 278 g/mol. The Morgan fingerprint density at radius 1 is 1.56 bits per heavy atom. The maximum Gasteiger partial charge on any atom is 0.304 e. The van der Waals surface area contributed by atoms with Gasteiger partial charge in [-0.1, -0.05) is 6.92 Å². The number of carbonyl (C=O) groups is 1. The maximum atomic E-state index is 13.2. The lowest BCUT2D eigenvalue weighted by Crippen LogP contribution is -2.34. The molecule has 0 spiro atoms. The molecule has 6 heteroatoms. The topological polar surface area (TPSA) is 72.5 Å². The normalized spacial score (nSPS) is 13.3. The number of aliphatic carboxylic acids is 1. The van der Waals surface area contributed by atoms with E-state index >= 15 is 0 Å². The molecule has 1 aromatic carbocycles. The van der Waals surface area contributed by atoms with E-state index in [9.17, 15) is 9.18 Å². The Morgan fingerprint density at radius 2 is 2.17 bits per heavy atom. The molecule has 0 saturated heterocycles. The molecule has 4 nitrogen and oxygen atoms in total. The molecular formula is C12H17ClFNO3. The predicted octanol–water partition coefficient (Wildman–Crippen LogP) is 1.95. The molecule has 0 aliphatic rings. The zero-order valence-corrected chi connectivity index (χ0v) is 11.1. The molecule has 0 aliphatic carbocycles. The summed E-state index contributed by atoms with van der Waals surface area (Å²) >= 11 is 0. The van der Waals surface area contributed by atoms with Gasteiger partial charge in [-0.05, 0) is 18.2 Å². The number of benzene rings is 1. The zero-order chi connectivity index (χ0) is 13.1. The van der Waals surface area contributed by atoms with Gasteiger partial charge in [-0.2, -0.15) is 0 Å². The first-order chi connectivity index (χ1) is 7.92. The minimum atomic E-state index is -0.982. The molecule has 1 rings (SSSR count). The first-order valence-electron chi connectivity index (χ1n) is 5.19. The second-order valence-corrected chi connectivity index (χ2v) is 4.18. The van der Waals surface area contributed by atoms with E-state index in [1.54, 1.807) is 6.92 Å². The van der Waals surface area contributed by atoms with E-state index in [2.05, 4.69) is 0 Å². The fourth-order valence-corrected chi connectivity index (χ4v) is 1.76. The Balaban J connectivity index is 0.00000289. The van der Waals surface area contributed by atoms with Gasteiger partial charge in [-0.25, -0.2) is 4.39 Å². The summed E-state index contributed by atoms with van der Waals surface area (Å²) in [5.74, 6) is -0.976. The Morgan fingerprint density at radius 3 is 2.61 bits per heavy atom. The standard InChI is InChI=1S/C12H16FNO3.ClH/c1-12(7-14,6-11(15)16)9-5-8(13)3-4-10(9)17-2;/h3-5H,6-7,14H2,1-2H3,(H,15,16);1H. The highest BCUT2D eigenvalue weighted by molar-refractivity contribution is 5.85. The van der Waals surface area contributed by atoms with Crippen LogP contribution in [0.3, 0.4) is 0 Å². The lowest BCUT2D eigenvalue weighted by molar-refractivity contribution is -0.138. The van der Waals surface area contributed by atoms with Gasteiger partial charge in [0.2, 0.25) is 0 Å². The Bertz CT molecular complexity index is 428. The van der Waals surface area contributed by atoms with Crippen LogP contribution in [0.2, 0.25) is 0 Å². The van der Waals surface area contributed by atoms with Crippen LogP contribution >= 0.6 is 12.4 Å². The smallest absolute Gasteiger partial charge is 0.304 e. The van der Waals surface area contributed by atoms with E-state index in [1.165, 1.54) is 25.3 Å². The van der Waals surface area contributed by atoms with Gasteiger partial charge in [0.1, 0.15) is 11.6 Å². The number of methoxy groups -OCH3 is 1. The van der Waals surface area contributed by atoms with Gasteiger partial charge in [0.25, 0.3) is 0 Å². The number of carboxylic acids is 1. The maximum absolute atomic E-state index is 13.2. The van der Waals surface area contributed by atoms with Crippen molar-refractivity contribution in [3.05, 3.63) is 29.6 Å². The van der Waals surface area contributed by atoms with Crippen LogP contribution in [0.4, 0.5) is 4.39 Å². The van der Waals surface area contributed by atoms with Crippen molar-refractivity contribution in [3.8, 4) is 5.75 Å². The number of carboxylic acid groups (broad SMARTS) is 1. The van der Waals surface area contributed by atoms with E-state index in [0.717, 1.165) is 0 Å². The second-order valence-electron chi connectivity index (χ2n) is 4.18. The third-order valence-electron chi connectivity index (χ3n) is 2.80. The summed E-state index contributed by atoms with van der Waals surface area (Å²) in [4.78, 5) is 10.8. The molecule has 0 aromatic heterocycles. The van der Waals surface area contributed by atoms with Crippen molar-refractivity contribution < 1.29 is 19.0 Å². The SMILES string of the molecule is COc1ccc(F)cc1C(C)(CN)CC(=O)O.Cl. The summed E-state index contributed by atoms with van der Waals surface area (Å²) in [7, 11) is 1.45. The fraction of sp³-hybridized carbons (Fsp3) is 0.417. The molecule has 0 amide bonds. The fourth-order valence-electron chi connectivity index (χ4n) is 1.76. The van der Waals surface area contributed by atoms with Gasteiger partial charge in [0.05, 0.1) is 13.5 Å². The Hall–Kier alpha value is -1.33. The average Bonchev–Trinajstić information content (AvgIpc) is 2.28. The van der Waals surface area contributed by atoms with Crippen LogP contribution in [0.5, 0.6) is 5.75 Å². The van der Waals surface area contributed by atoms with Crippen molar-refractivity contribution in [1.82, 2.24) is 0 Å². The molecule has 0 heterocycles. The minimum absolute atomic E-state index is 0. The van der Waals surface area contributed by atoms with Crippen LogP contribution in [0.15, 0.2) is 18.2 Å². The van der Waals surface area contributed by atoms with E-state index in [0.29, 0.717) is 11.3 Å². The summed E-state index contributed by atoms with van der Waals surface area (Å²) in [6.45, 7) is 1.78. The molecule has 0 bridgehead atoms. The molecule has 0 saturated carbocycles. The first kappa shape index (κ1) is 16.7. The zero-order valence-electron chi connectivity index (χ0n) is 10.3. The van der Waals surface area contributed by atoms with Gasteiger partial charge in [-0.3, -0.25) is 4.79 Å². The Labute approximate surface area is 111 Å². The van der Waals surface area contributed by atoms with Gasteiger partial charge in [-0.15, -0.1) is 12.4 Å². The lowest BCUT2D eigenvalue weighted by Gasteiger charge is -2.28. The van der Waals surface area contributed by atoms with Crippen LogP contribution in [-0.2, 0) is 10.2 Å². The van der Waals surface area contributed by atoms with Gasteiger partial charge in [0, 0.05) is 17.5 Å². The predicted molar refractivity (Wildman–Crippen MR) is 68.9 cm³/mol. The number of halogens is 2. The minimum Gasteiger partial charge on any atom is -0.496 e. The van der Waals surface area contributed by atoms with E-state index in [-0.39, 0.29) is 25.4 Å². The van der Waals surface area contributed by atoms with Crippen molar-refractivity contribution in [2.75, 3.05) is 13.7 Å². The van der Waals surface area contributed by atoms with Crippen LogP contribution < -0.4 is 10.5 Å². The lowest BCUT2D eigenvalue weighted by atomic mass is 9.79. The molecule has 0 aliphatic heterocycles. The number of nitrogens with two attached hydrogens (primary N) is 1. The highest BCUT2D eigenvalue weighted by atomic mass is 35.5. The largest absolute Gasteiger partial charge is 0.496 e. The number of hydrogen-bond donors (Lipinski definition) is 2. The molecule has 0 radical (unpaired) electrons. The summed E-state index contributed by atoms with van der Waals surface area (Å²) in [6.07, 6.45) is -0.177. The third kappa shape index (κ3) is 3.58. The Kier molecular flexibility index (Phi) is 6.08. The molecule has 0 fully saturated rings. The van der Waals surface area contributed by atoms with Crippen molar-refractivity contribution in [2.45, 2.75) is 18.8 Å². The molecule has 3 N–H and O–H groups in total. The third-order valence-corrected chi connectivity index (χ3v) is 2.80. The van der Waals surface area contributed by atoms with Crippen LogP contribution in [0.1, 0.15) is 18.9 Å². The monoisotopic (exact) mass is 277 g/mol. The summed E-state index contributed by atoms with van der Waals surface area (Å²) in [5.41, 5.74) is 5.25. The van der Waals surface area contributed by atoms with Gasteiger partial charge < -0.3 is 15.6 Å². The summed E-state index contributed by atoms with van der Waals surface area (Å²) in [6, 6.07) is 4.01. The number of rotatable bonds is 5. The van der Waals surface area contributed by atoms with Crippen molar-refractivity contribution >= 4 is 18.4 Å². The van der Waals surface area contributed by atoms with Crippen LogP contribution in [-0.4, -0.2) is 24.7 Å². The van der Waals surface area contributed by atoms with Crippen molar-refractivity contribution in [3.63, 3.8) is 0 Å². The summed E-state index contributed by atoms with van der Waals surface area (Å²) < 4.78 is 18.4. The van der Waals surface area contributed by atoms with Crippen molar-refractivity contribution in [1.29, 1.82) is 0 Å². The van der Waals surface area contributed by atoms with Crippen molar-refractivity contribution in [2.24, 2.45) is 5.73 Å². The van der Waals surface area contributed by atoms with Gasteiger partial charge >= 0.3 is 5.97 Å². The molecule has 102 valence electrons. The molecule has 18 heavy (non-hydrogen) atoms. The second kappa shape index (κ2) is 6.56.